The molecule has 1 saturated heterocycles. The van der Waals surface area contributed by atoms with Crippen molar-refractivity contribution in [3.05, 3.63) is 35.8 Å². The van der Waals surface area contributed by atoms with E-state index in [-0.39, 0.29) is 5.91 Å². The molecule has 2 aromatic rings. The van der Waals surface area contributed by atoms with Crippen LogP contribution in [0.1, 0.15) is 43.6 Å². The molecular weight excluding hydrogens is 333 g/mol. The fraction of sp³-hybridized carbons (Fsp3) is 0.500. The third-order valence-corrected chi connectivity index (χ3v) is 4.96. The number of aryl methyl sites for hydroxylation is 1. The Morgan fingerprint density at radius 2 is 2.04 bits per heavy atom. The Labute approximate surface area is 153 Å². The van der Waals surface area contributed by atoms with Crippen molar-refractivity contribution in [1.29, 1.82) is 0 Å². The molecule has 0 saturated carbocycles. The molecule has 2 heterocycles. The number of benzene rings is 1. The summed E-state index contributed by atoms with van der Waals surface area (Å²) in [4.78, 5) is 14.9. The van der Waals surface area contributed by atoms with E-state index < -0.39 is 5.82 Å². The zero-order chi connectivity index (χ0) is 18.7. The summed E-state index contributed by atoms with van der Waals surface area (Å²) in [6.07, 6.45) is 2.89. The number of halogens is 1. The maximum atomic E-state index is 14.4. The minimum atomic E-state index is -0.406. The van der Waals surface area contributed by atoms with Crippen LogP contribution in [-0.2, 0) is 6.54 Å². The van der Waals surface area contributed by atoms with Crippen LogP contribution in [0.25, 0.3) is 11.3 Å². The van der Waals surface area contributed by atoms with Gasteiger partial charge in [-0.1, -0.05) is 13.8 Å². The van der Waals surface area contributed by atoms with Crippen molar-refractivity contribution in [2.24, 2.45) is 5.92 Å². The van der Waals surface area contributed by atoms with Gasteiger partial charge in [0, 0.05) is 31.3 Å². The second-order valence-corrected chi connectivity index (χ2v) is 6.96. The van der Waals surface area contributed by atoms with Gasteiger partial charge in [0.05, 0.1) is 12.8 Å². The van der Waals surface area contributed by atoms with Crippen LogP contribution in [0.15, 0.2) is 24.3 Å². The SMILES string of the molecule is CCCn1nc(-c2ccc(OC)cc2F)cc1C(=O)N1CCC(C)CC1. The summed E-state index contributed by atoms with van der Waals surface area (Å²) in [6, 6.07) is 6.39. The summed E-state index contributed by atoms with van der Waals surface area (Å²) in [6.45, 7) is 6.41. The molecule has 26 heavy (non-hydrogen) atoms. The average Bonchev–Trinajstić information content (AvgIpc) is 3.05. The number of rotatable bonds is 5. The van der Waals surface area contributed by atoms with Crippen LogP contribution in [0.5, 0.6) is 5.75 Å². The van der Waals surface area contributed by atoms with Crippen molar-refractivity contribution >= 4 is 5.91 Å². The smallest absolute Gasteiger partial charge is 0.272 e. The van der Waals surface area contributed by atoms with Crippen molar-refractivity contribution in [2.45, 2.75) is 39.7 Å². The number of ether oxygens (including phenoxy) is 1. The summed E-state index contributed by atoms with van der Waals surface area (Å²) < 4.78 is 21.2. The van der Waals surface area contributed by atoms with Gasteiger partial charge in [0.25, 0.3) is 5.91 Å². The number of hydrogen-bond acceptors (Lipinski definition) is 3. The third-order valence-electron chi connectivity index (χ3n) is 4.96. The molecule has 0 unspecified atom stereocenters. The molecule has 0 spiro atoms. The van der Waals surface area contributed by atoms with Crippen LogP contribution in [0.3, 0.4) is 0 Å². The zero-order valence-electron chi connectivity index (χ0n) is 15.7. The number of amides is 1. The van der Waals surface area contributed by atoms with E-state index in [4.69, 9.17) is 4.74 Å². The van der Waals surface area contributed by atoms with Crippen molar-refractivity contribution < 1.29 is 13.9 Å². The lowest BCUT2D eigenvalue weighted by atomic mass is 9.99. The van der Waals surface area contributed by atoms with Gasteiger partial charge in [0.15, 0.2) is 0 Å². The number of aromatic nitrogens is 2. The van der Waals surface area contributed by atoms with Gasteiger partial charge in [-0.05, 0) is 43.4 Å². The monoisotopic (exact) mass is 359 g/mol. The predicted octanol–water partition coefficient (Wildman–Crippen LogP) is 3.98. The lowest BCUT2D eigenvalue weighted by Crippen LogP contribution is -2.38. The van der Waals surface area contributed by atoms with Crippen LogP contribution in [-0.4, -0.2) is 40.8 Å². The molecule has 0 aliphatic carbocycles. The summed E-state index contributed by atoms with van der Waals surface area (Å²) >= 11 is 0. The van der Waals surface area contributed by atoms with Gasteiger partial charge >= 0.3 is 0 Å². The topological polar surface area (TPSA) is 47.4 Å². The third kappa shape index (κ3) is 3.74. The van der Waals surface area contributed by atoms with Crippen molar-refractivity contribution in [2.75, 3.05) is 20.2 Å². The average molecular weight is 359 g/mol. The van der Waals surface area contributed by atoms with Gasteiger partial charge < -0.3 is 9.64 Å². The number of hydrogen-bond donors (Lipinski definition) is 0. The maximum absolute atomic E-state index is 14.4. The van der Waals surface area contributed by atoms with Gasteiger partial charge in [-0.25, -0.2) is 4.39 Å². The molecule has 5 nitrogen and oxygen atoms in total. The number of carbonyl (C=O) groups is 1. The Morgan fingerprint density at radius 1 is 1.31 bits per heavy atom. The van der Waals surface area contributed by atoms with Gasteiger partial charge in [-0.15, -0.1) is 0 Å². The minimum Gasteiger partial charge on any atom is -0.497 e. The molecule has 0 N–H and O–H groups in total. The first-order chi connectivity index (χ1) is 12.5. The minimum absolute atomic E-state index is 0.0157. The Kier molecular flexibility index (Phi) is 5.59. The molecule has 1 amide bonds. The largest absolute Gasteiger partial charge is 0.497 e. The highest BCUT2D eigenvalue weighted by Gasteiger charge is 2.25. The van der Waals surface area contributed by atoms with Crippen molar-refractivity contribution in [3.8, 4) is 17.0 Å². The van der Waals surface area contributed by atoms with E-state index in [2.05, 4.69) is 12.0 Å². The summed E-state index contributed by atoms with van der Waals surface area (Å²) in [7, 11) is 1.50. The van der Waals surface area contributed by atoms with Gasteiger partial charge in [-0.3, -0.25) is 9.48 Å². The highest BCUT2D eigenvalue weighted by atomic mass is 19.1. The summed E-state index contributed by atoms with van der Waals surface area (Å²) in [5.41, 5.74) is 1.39. The number of likely N-dealkylation sites (tertiary alicyclic amines) is 1. The molecule has 0 atom stereocenters. The maximum Gasteiger partial charge on any atom is 0.272 e. The van der Waals surface area contributed by atoms with Crippen molar-refractivity contribution in [1.82, 2.24) is 14.7 Å². The first-order valence-corrected chi connectivity index (χ1v) is 9.24. The van der Waals surface area contributed by atoms with E-state index in [0.717, 1.165) is 32.4 Å². The van der Waals surface area contributed by atoms with Gasteiger partial charge in [0.2, 0.25) is 0 Å². The molecule has 0 radical (unpaired) electrons. The molecule has 1 aromatic heterocycles. The number of piperidine rings is 1. The molecule has 3 rings (SSSR count). The lowest BCUT2D eigenvalue weighted by Gasteiger charge is -2.30. The van der Waals surface area contributed by atoms with Gasteiger partial charge in [-0.2, -0.15) is 5.10 Å². The normalized spacial score (nSPS) is 15.3. The van der Waals surface area contributed by atoms with Crippen LogP contribution in [0.4, 0.5) is 4.39 Å². The van der Waals surface area contributed by atoms with Gasteiger partial charge in [0.1, 0.15) is 17.3 Å². The second kappa shape index (κ2) is 7.89. The quantitative estimate of drug-likeness (QED) is 0.811. The molecule has 1 aliphatic heterocycles. The standard InChI is InChI=1S/C20H26FN3O2/c1-4-9-24-19(20(25)23-10-7-14(2)8-11-23)13-18(22-24)16-6-5-15(26-3)12-17(16)21/h5-6,12-14H,4,7-11H2,1-3H3. The molecule has 1 fully saturated rings. The second-order valence-electron chi connectivity index (χ2n) is 6.96. The zero-order valence-corrected chi connectivity index (χ0v) is 15.7. The molecule has 1 aliphatic rings. The summed E-state index contributed by atoms with van der Waals surface area (Å²) in [5, 5.41) is 4.51. The molecule has 0 bridgehead atoms. The Hall–Kier alpha value is -2.37. The fourth-order valence-corrected chi connectivity index (χ4v) is 3.31. The highest BCUT2D eigenvalue weighted by molar-refractivity contribution is 5.93. The highest BCUT2D eigenvalue weighted by Crippen LogP contribution is 2.27. The predicted molar refractivity (Wildman–Crippen MR) is 98.8 cm³/mol. The molecular formula is C20H26FN3O2. The van der Waals surface area contributed by atoms with Crippen molar-refractivity contribution in [3.63, 3.8) is 0 Å². The summed E-state index contributed by atoms with van der Waals surface area (Å²) in [5.74, 6) is 0.691. The first-order valence-electron chi connectivity index (χ1n) is 9.24. The first kappa shape index (κ1) is 18.4. The van der Waals surface area contributed by atoms with Crippen LogP contribution in [0.2, 0.25) is 0 Å². The molecule has 6 heteroatoms. The lowest BCUT2D eigenvalue weighted by molar-refractivity contribution is 0.0684. The van der Waals surface area contributed by atoms with Crippen LogP contribution >= 0.6 is 0 Å². The van der Waals surface area contributed by atoms with Crippen LogP contribution in [0, 0.1) is 11.7 Å². The van der Waals surface area contributed by atoms with E-state index >= 15 is 0 Å². The molecule has 140 valence electrons. The number of nitrogens with zero attached hydrogens (tertiary/aromatic N) is 3. The molecule has 1 aromatic carbocycles. The Bertz CT molecular complexity index is 779. The van der Waals surface area contributed by atoms with E-state index in [0.29, 0.717) is 35.2 Å². The number of methoxy groups -OCH3 is 1. The number of carbonyl (C=O) groups excluding carboxylic acids is 1. The van der Waals surface area contributed by atoms with Crippen LogP contribution < -0.4 is 4.74 Å². The Morgan fingerprint density at radius 3 is 2.65 bits per heavy atom. The van der Waals surface area contributed by atoms with E-state index in [1.54, 1.807) is 22.9 Å². The Balaban J connectivity index is 1.92. The van der Waals surface area contributed by atoms with E-state index in [1.165, 1.54) is 13.2 Å². The van der Waals surface area contributed by atoms with E-state index in [1.807, 2.05) is 11.8 Å². The van der Waals surface area contributed by atoms with E-state index in [9.17, 15) is 9.18 Å². The fourth-order valence-electron chi connectivity index (χ4n) is 3.31.